The summed E-state index contributed by atoms with van der Waals surface area (Å²) >= 11 is 5.65. The zero-order valence-electron chi connectivity index (χ0n) is 6.43. The summed E-state index contributed by atoms with van der Waals surface area (Å²) in [5.74, 6) is 2.15. The molecule has 1 aliphatic rings. The molecule has 0 aliphatic heterocycles. The largest absolute Gasteiger partial charge is 0.361 e. The van der Waals surface area contributed by atoms with Gasteiger partial charge in [0.05, 0.1) is 5.88 Å². The molecular formula is C8H10ClNO. The van der Waals surface area contributed by atoms with E-state index >= 15 is 0 Å². The van der Waals surface area contributed by atoms with Crippen LogP contribution < -0.4 is 0 Å². The normalized spacial score (nSPS) is 17.3. The third kappa shape index (κ3) is 1.16. The molecule has 1 aromatic rings. The van der Waals surface area contributed by atoms with Gasteiger partial charge in [0.25, 0.3) is 0 Å². The Kier molecular flexibility index (Phi) is 1.64. The third-order valence-electron chi connectivity index (χ3n) is 2.13. The Bertz CT molecular complexity index is 265. The molecule has 0 radical (unpaired) electrons. The second-order valence-electron chi connectivity index (χ2n) is 3.03. The topological polar surface area (TPSA) is 26.0 Å². The number of hydrogen-bond donors (Lipinski definition) is 0. The first kappa shape index (κ1) is 7.17. The fourth-order valence-electron chi connectivity index (χ4n) is 1.23. The summed E-state index contributed by atoms with van der Waals surface area (Å²) in [4.78, 5) is 0. The van der Waals surface area contributed by atoms with Gasteiger partial charge in [-0.3, -0.25) is 0 Å². The van der Waals surface area contributed by atoms with Crippen molar-refractivity contribution < 1.29 is 4.52 Å². The van der Waals surface area contributed by atoms with E-state index in [1.807, 2.05) is 6.92 Å². The Hall–Kier alpha value is -0.500. The smallest absolute Gasteiger partial charge is 0.143 e. The van der Waals surface area contributed by atoms with E-state index in [1.54, 1.807) is 0 Å². The van der Waals surface area contributed by atoms with Crippen LogP contribution in [0.5, 0.6) is 0 Å². The highest BCUT2D eigenvalue weighted by Gasteiger charge is 2.30. The Labute approximate surface area is 70.5 Å². The maximum absolute atomic E-state index is 5.65. The van der Waals surface area contributed by atoms with Crippen LogP contribution in [0.15, 0.2) is 4.52 Å². The lowest BCUT2D eigenvalue weighted by Gasteiger charge is -1.90. The van der Waals surface area contributed by atoms with Gasteiger partial charge < -0.3 is 4.52 Å². The molecule has 3 heteroatoms. The lowest BCUT2D eigenvalue weighted by molar-refractivity contribution is 0.379. The zero-order valence-corrected chi connectivity index (χ0v) is 7.19. The summed E-state index contributed by atoms with van der Waals surface area (Å²) in [6.07, 6.45) is 2.50. The molecule has 1 aromatic heterocycles. The first-order chi connectivity index (χ1) is 5.33. The van der Waals surface area contributed by atoms with Crippen LogP contribution in [0.4, 0.5) is 0 Å². The lowest BCUT2D eigenvalue weighted by Crippen LogP contribution is -1.82. The third-order valence-corrected chi connectivity index (χ3v) is 2.38. The van der Waals surface area contributed by atoms with Crippen molar-refractivity contribution in [1.29, 1.82) is 0 Å². The van der Waals surface area contributed by atoms with E-state index in [0.717, 1.165) is 17.0 Å². The van der Waals surface area contributed by atoms with Gasteiger partial charge in [0, 0.05) is 11.5 Å². The van der Waals surface area contributed by atoms with Gasteiger partial charge in [0.15, 0.2) is 0 Å². The van der Waals surface area contributed by atoms with E-state index in [-0.39, 0.29) is 0 Å². The summed E-state index contributed by atoms with van der Waals surface area (Å²) in [6.45, 7) is 2.03. The Morgan fingerprint density at radius 2 is 2.36 bits per heavy atom. The minimum Gasteiger partial charge on any atom is -0.361 e. The fraction of sp³-hybridized carbons (Fsp3) is 0.625. The Balaban J connectivity index is 2.33. The monoisotopic (exact) mass is 171 g/mol. The minimum absolute atomic E-state index is 0.460. The molecule has 60 valence electrons. The van der Waals surface area contributed by atoms with Crippen LogP contribution in [0.3, 0.4) is 0 Å². The summed E-state index contributed by atoms with van der Waals surface area (Å²) < 4.78 is 5.18. The molecule has 1 saturated carbocycles. The van der Waals surface area contributed by atoms with Crippen molar-refractivity contribution in [2.45, 2.75) is 31.6 Å². The van der Waals surface area contributed by atoms with E-state index in [4.69, 9.17) is 16.1 Å². The number of alkyl halides is 1. The summed E-state index contributed by atoms with van der Waals surface area (Å²) in [5, 5.41) is 3.89. The summed E-state index contributed by atoms with van der Waals surface area (Å²) in [7, 11) is 0. The molecule has 0 amide bonds. The first-order valence-corrected chi connectivity index (χ1v) is 4.37. The molecule has 0 saturated heterocycles. The van der Waals surface area contributed by atoms with Crippen LogP contribution >= 0.6 is 11.6 Å². The van der Waals surface area contributed by atoms with Gasteiger partial charge in [-0.05, 0) is 19.8 Å². The van der Waals surface area contributed by atoms with Crippen LogP contribution in [0.1, 0.15) is 35.8 Å². The molecule has 2 rings (SSSR count). The molecule has 11 heavy (non-hydrogen) atoms. The molecule has 0 atom stereocenters. The van der Waals surface area contributed by atoms with Crippen LogP contribution in [0.2, 0.25) is 0 Å². The predicted molar refractivity (Wildman–Crippen MR) is 42.8 cm³/mol. The lowest BCUT2D eigenvalue weighted by atomic mass is 10.2. The molecule has 1 heterocycles. The highest BCUT2D eigenvalue weighted by Crippen LogP contribution is 2.42. The van der Waals surface area contributed by atoms with Crippen LogP contribution in [0.25, 0.3) is 0 Å². The van der Waals surface area contributed by atoms with Gasteiger partial charge in [-0.2, -0.15) is 0 Å². The fourth-order valence-corrected chi connectivity index (χ4v) is 1.48. The average Bonchev–Trinajstić information content (AvgIpc) is 2.77. The van der Waals surface area contributed by atoms with Crippen molar-refractivity contribution in [3.8, 4) is 0 Å². The molecule has 0 bridgehead atoms. The van der Waals surface area contributed by atoms with Crippen molar-refractivity contribution in [1.82, 2.24) is 5.16 Å². The molecule has 0 aromatic carbocycles. The van der Waals surface area contributed by atoms with E-state index in [9.17, 15) is 0 Å². The molecule has 0 spiro atoms. The molecule has 0 unspecified atom stereocenters. The molecule has 1 aliphatic carbocycles. The first-order valence-electron chi connectivity index (χ1n) is 3.84. The second-order valence-corrected chi connectivity index (χ2v) is 3.29. The quantitative estimate of drug-likeness (QED) is 0.640. The predicted octanol–water partition coefficient (Wildman–Crippen LogP) is 2.60. The van der Waals surface area contributed by atoms with E-state index in [2.05, 4.69) is 5.16 Å². The average molecular weight is 172 g/mol. The number of rotatable bonds is 2. The van der Waals surface area contributed by atoms with Gasteiger partial charge in [-0.25, -0.2) is 0 Å². The highest BCUT2D eigenvalue weighted by molar-refractivity contribution is 6.17. The molecule has 1 fully saturated rings. The van der Waals surface area contributed by atoms with E-state index in [1.165, 1.54) is 12.8 Å². The van der Waals surface area contributed by atoms with E-state index < -0.39 is 0 Å². The van der Waals surface area contributed by atoms with Gasteiger partial charge >= 0.3 is 0 Å². The van der Waals surface area contributed by atoms with Crippen molar-refractivity contribution in [3.05, 3.63) is 17.0 Å². The SMILES string of the molecule is Cc1c(CCl)noc1C1CC1. The van der Waals surface area contributed by atoms with Crippen LogP contribution in [0, 0.1) is 6.92 Å². The van der Waals surface area contributed by atoms with Crippen molar-refractivity contribution in [3.63, 3.8) is 0 Å². The molecular weight excluding hydrogens is 162 g/mol. The number of hydrogen-bond acceptors (Lipinski definition) is 2. The molecule has 2 nitrogen and oxygen atoms in total. The zero-order chi connectivity index (χ0) is 7.84. The summed E-state index contributed by atoms with van der Waals surface area (Å²) in [6, 6.07) is 0. The highest BCUT2D eigenvalue weighted by atomic mass is 35.5. The van der Waals surface area contributed by atoms with Crippen LogP contribution in [-0.4, -0.2) is 5.16 Å². The summed E-state index contributed by atoms with van der Waals surface area (Å²) in [5.41, 5.74) is 2.05. The van der Waals surface area contributed by atoms with Crippen molar-refractivity contribution in [2.24, 2.45) is 0 Å². The van der Waals surface area contributed by atoms with Gasteiger partial charge in [-0.15, -0.1) is 11.6 Å². The number of aromatic nitrogens is 1. The maximum atomic E-state index is 5.65. The van der Waals surface area contributed by atoms with Crippen LogP contribution in [-0.2, 0) is 5.88 Å². The van der Waals surface area contributed by atoms with Gasteiger partial charge in [0.2, 0.25) is 0 Å². The standard InChI is InChI=1S/C8H10ClNO/c1-5-7(4-9)10-11-8(5)6-2-3-6/h6H,2-4H2,1H3. The Morgan fingerprint density at radius 1 is 1.64 bits per heavy atom. The number of halogens is 1. The minimum atomic E-state index is 0.460. The molecule has 0 N–H and O–H groups in total. The van der Waals surface area contributed by atoms with Crippen molar-refractivity contribution >= 4 is 11.6 Å². The maximum Gasteiger partial charge on any atom is 0.143 e. The second kappa shape index (κ2) is 2.52. The van der Waals surface area contributed by atoms with E-state index in [0.29, 0.717) is 11.8 Å². The van der Waals surface area contributed by atoms with Crippen molar-refractivity contribution in [2.75, 3.05) is 0 Å². The van der Waals surface area contributed by atoms with Gasteiger partial charge in [-0.1, -0.05) is 5.16 Å². The number of nitrogens with zero attached hydrogens (tertiary/aromatic N) is 1. The van der Waals surface area contributed by atoms with Gasteiger partial charge in [0.1, 0.15) is 11.5 Å². The Morgan fingerprint density at radius 3 is 2.82 bits per heavy atom.